The maximum absolute atomic E-state index is 13.3. The number of carbonyl (C=O) groups is 3. The van der Waals surface area contributed by atoms with Crippen LogP contribution in [0.4, 0.5) is 11.4 Å². The topological polar surface area (TPSA) is 73.0 Å². The fraction of sp³-hybridized carbons (Fsp3) is 0.370. The summed E-state index contributed by atoms with van der Waals surface area (Å²) in [6.45, 7) is 7.06. The van der Waals surface area contributed by atoms with E-state index in [-0.39, 0.29) is 29.6 Å². The van der Waals surface area contributed by atoms with Crippen LogP contribution in [0.5, 0.6) is 0 Å². The minimum Gasteiger partial charge on any atom is -0.368 e. The Morgan fingerprint density at radius 2 is 1.62 bits per heavy atom. The highest BCUT2D eigenvalue weighted by Gasteiger charge is 2.42. The molecule has 2 aromatic carbocycles. The summed E-state index contributed by atoms with van der Waals surface area (Å²) in [4.78, 5) is 43.2. The van der Waals surface area contributed by atoms with Gasteiger partial charge in [-0.1, -0.05) is 30.4 Å². The van der Waals surface area contributed by atoms with Crippen LogP contribution in [0, 0.1) is 25.7 Å². The number of fused-ring (bicyclic) bond motifs is 1. The lowest BCUT2D eigenvalue weighted by atomic mass is 9.80. The van der Waals surface area contributed by atoms with E-state index in [1.807, 2.05) is 17.1 Å². The fourth-order valence-electron chi connectivity index (χ4n) is 5.17. The molecule has 7 heteroatoms. The zero-order valence-corrected chi connectivity index (χ0v) is 19.7. The molecule has 34 heavy (non-hydrogen) atoms. The summed E-state index contributed by atoms with van der Waals surface area (Å²) in [7, 11) is 0. The maximum Gasteiger partial charge on any atom is 0.254 e. The zero-order chi connectivity index (χ0) is 23.8. The van der Waals surface area contributed by atoms with Crippen molar-refractivity contribution in [3.8, 4) is 0 Å². The highest BCUT2D eigenvalue weighted by atomic mass is 16.2. The second-order valence-electron chi connectivity index (χ2n) is 9.35. The lowest BCUT2D eigenvalue weighted by molar-refractivity contribution is -0.139. The molecule has 2 atom stereocenters. The van der Waals surface area contributed by atoms with Gasteiger partial charge in [0.05, 0.1) is 17.5 Å². The van der Waals surface area contributed by atoms with Crippen LogP contribution in [0.1, 0.15) is 34.3 Å². The van der Waals surface area contributed by atoms with Crippen LogP contribution in [0.3, 0.4) is 0 Å². The number of amides is 3. The van der Waals surface area contributed by atoms with E-state index < -0.39 is 0 Å². The Morgan fingerprint density at radius 1 is 0.912 bits per heavy atom. The first-order valence-electron chi connectivity index (χ1n) is 11.9. The van der Waals surface area contributed by atoms with Crippen molar-refractivity contribution in [1.29, 1.82) is 0 Å². The molecule has 5 rings (SSSR count). The molecule has 2 heterocycles. The van der Waals surface area contributed by atoms with Gasteiger partial charge in [0.1, 0.15) is 0 Å². The summed E-state index contributed by atoms with van der Waals surface area (Å²) in [6.07, 6.45) is 5.08. The average molecular weight is 459 g/mol. The summed E-state index contributed by atoms with van der Waals surface area (Å²) >= 11 is 0. The monoisotopic (exact) mass is 458 g/mol. The number of hydrogen-bond donors (Lipinski definition) is 1. The molecule has 2 saturated heterocycles. The lowest BCUT2D eigenvalue weighted by Gasteiger charge is -2.38. The first-order valence-corrected chi connectivity index (χ1v) is 11.9. The molecule has 2 aromatic rings. The number of rotatable bonds is 3. The van der Waals surface area contributed by atoms with Crippen LogP contribution in [-0.2, 0) is 9.59 Å². The van der Waals surface area contributed by atoms with Crippen LogP contribution in [0.15, 0.2) is 54.6 Å². The van der Waals surface area contributed by atoms with Gasteiger partial charge in [-0.2, -0.15) is 0 Å². The molecule has 1 N–H and O–H groups in total. The normalized spacial score (nSPS) is 22.5. The predicted octanol–water partition coefficient (Wildman–Crippen LogP) is 3.23. The van der Waals surface area contributed by atoms with Gasteiger partial charge >= 0.3 is 0 Å². The van der Waals surface area contributed by atoms with E-state index in [1.54, 1.807) is 24.3 Å². The van der Waals surface area contributed by atoms with Crippen molar-refractivity contribution < 1.29 is 14.4 Å². The number of carbonyl (C=O) groups excluding carboxylic acids is 3. The number of nitrogens with zero attached hydrogens (tertiary/aromatic N) is 3. The van der Waals surface area contributed by atoms with E-state index in [0.717, 1.165) is 13.1 Å². The molecule has 0 spiro atoms. The van der Waals surface area contributed by atoms with Crippen molar-refractivity contribution in [2.45, 2.75) is 26.7 Å². The van der Waals surface area contributed by atoms with Gasteiger partial charge in [-0.3, -0.25) is 19.8 Å². The molecular formula is C27H30N4O3. The Balaban J connectivity index is 1.29. The van der Waals surface area contributed by atoms with Gasteiger partial charge in [0.15, 0.2) is 0 Å². The molecule has 0 saturated carbocycles. The molecule has 0 aromatic heterocycles. The molecule has 0 bridgehead atoms. The number of benzene rings is 2. The minimum atomic E-state index is -0.351. The van der Waals surface area contributed by atoms with Crippen LogP contribution in [0.2, 0.25) is 0 Å². The lowest BCUT2D eigenvalue weighted by Crippen LogP contribution is -2.59. The quantitative estimate of drug-likeness (QED) is 0.717. The highest BCUT2D eigenvalue weighted by molar-refractivity contribution is 6.05. The van der Waals surface area contributed by atoms with Crippen molar-refractivity contribution >= 4 is 29.1 Å². The van der Waals surface area contributed by atoms with E-state index in [1.165, 1.54) is 21.8 Å². The number of allylic oxidation sites excluding steroid dienone is 2. The molecule has 3 amide bonds. The second-order valence-corrected chi connectivity index (χ2v) is 9.35. The molecule has 7 nitrogen and oxygen atoms in total. The third kappa shape index (κ3) is 3.95. The highest BCUT2D eigenvalue weighted by Crippen LogP contribution is 2.32. The standard InChI is InChI=1S/C27H30N4O3/c1-18-7-5-12-24(19(18)2)29-13-15-30(16-14-29)26(33)20-8-6-9-21(17-20)31-27(34)23-11-4-3-10-22(23)25(32)28-31/h3-9,12,17,22-23H,10-11,13-16H2,1-2H3,(H,28,32)/t22-,23-/m0/s1. The first kappa shape index (κ1) is 22.2. The summed E-state index contributed by atoms with van der Waals surface area (Å²) in [5.74, 6) is -0.992. The summed E-state index contributed by atoms with van der Waals surface area (Å²) < 4.78 is 0. The molecule has 176 valence electrons. The molecule has 0 radical (unpaired) electrons. The Labute approximate surface area is 200 Å². The van der Waals surface area contributed by atoms with Crippen molar-refractivity contribution in [2.75, 3.05) is 36.1 Å². The number of hydrazine groups is 1. The largest absolute Gasteiger partial charge is 0.368 e. The van der Waals surface area contributed by atoms with Gasteiger partial charge in [0, 0.05) is 37.4 Å². The van der Waals surface area contributed by atoms with E-state index in [4.69, 9.17) is 0 Å². The predicted molar refractivity (Wildman–Crippen MR) is 131 cm³/mol. The molecule has 0 unspecified atom stereocenters. The summed E-state index contributed by atoms with van der Waals surface area (Å²) in [5, 5.41) is 1.32. The SMILES string of the molecule is Cc1cccc(N2CCN(C(=O)c3cccc(N4NC(=O)[C@H]5CC=CC[C@@H]5C4=O)c3)CC2)c1C. The second kappa shape index (κ2) is 8.97. The Morgan fingerprint density at radius 3 is 2.38 bits per heavy atom. The number of nitrogens with one attached hydrogen (secondary N) is 1. The van der Waals surface area contributed by atoms with Gasteiger partial charge < -0.3 is 9.80 Å². The molecule has 2 aliphatic heterocycles. The van der Waals surface area contributed by atoms with E-state index >= 15 is 0 Å². The summed E-state index contributed by atoms with van der Waals surface area (Å²) in [5.41, 5.74) is 7.55. The Hall–Kier alpha value is -3.61. The van der Waals surface area contributed by atoms with Crippen molar-refractivity contribution in [3.05, 3.63) is 71.3 Å². The Bertz CT molecular complexity index is 1170. The zero-order valence-electron chi connectivity index (χ0n) is 19.7. The summed E-state index contributed by atoms with van der Waals surface area (Å²) in [6, 6.07) is 13.3. The van der Waals surface area contributed by atoms with Gasteiger partial charge in [-0.15, -0.1) is 0 Å². The maximum atomic E-state index is 13.3. The third-order valence-electron chi connectivity index (χ3n) is 7.36. The van der Waals surface area contributed by atoms with Crippen LogP contribution in [-0.4, -0.2) is 48.8 Å². The van der Waals surface area contributed by atoms with Gasteiger partial charge in [0.25, 0.3) is 5.91 Å². The van der Waals surface area contributed by atoms with Crippen molar-refractivity contribution in [3.63, 3.8) is 0 Å². The molecular weight excluding hydrogens is 428 g/mol. The van der Waals surface area contributed by atoms with E-state index in [0.29, 0.717) is 37.2 Å². The first-order chi connectivity index (χ1) is 16.4. The Kier molecular flexibility index (Phi) is 5.86. The van der Waals surface area contributed by atoms with Crippen LogP contribution >= 0.6 is 0 Å². The van der Waals surface area contributed by atoms with E-state index in [2.05, 4.69) is 42.4 Å². The number of hydrogen-bond acceptors (Lipinski definition) is 4. The third-order valence-corrected chi connectivity index (χ3v) is 7.36. The van der Waals surface area contributed by atoms with Gasteiger partial charge in [0.2, 0.25) is 11.8 Å². The van der Waals surface area contributed by atoms with Gasteiger partial charge in [-0.05, 0) is 62.1 Å². The van der Waals surface area contributed by atoms with Crippen LogP contribution in [0.25, 0.3) is 0 Å². The van der Waals surface area contributed by atoms with E-state index in [9.17, 15) is 14.4 Å². The number of piperazine rings is 1. The fourth-order valence-corrected chi connectivity index (χ4v) is 5.17. The number of anilines is 2. The minimum absolute atomic E-state index is 0.0586. The van der Waals surface area contributed by atoms with Gasteiger partial charge in [-0.25, -0.2) is 5.01 Å². The smallest absolute Gasteiger partial charge is 0.254 e. The molecule has 2 fully saturated rings. The molecule has 1 aliphatic carbocycles. The number of aryl methyl sites for hydroxylation is 1. The van der Waals surface area contributed by atoms with Crippen molar-refractivity contribution in [1.82, 2.24) is 10.3 Å². The van der Waals surface area contributed by atoms with Crippen molar-refractivity contribution in [2.24, 2.45) is 11.8 Å². The van der Waals surface area contributed by atoms with Crippen LogP contribution < -0.4 is 15.3 Å². The molecule has 3 aliphatic rings. The average Bonchev–Trinajstić information content (AvgIpc) is 2.87.